The summed E-state index contributed by atoms with van der Waals surface area (Å²) in [4.78, 5) is 11.6. The molecule has 0 unspecified atom stereocenters. The highest BCUT2D eigenvalue weighted by Crippen LogP contribution is 2.43. The van der Waals surface area contributed by atoms with Crippen molar-refractivity contribution in [1.82, 2.24) is 0 Å². The minimum absolute atomic E-state index is 0.0267. The maximum Gasteiger partial charge on any atom is 0.314 e. The number of ether oxygens (including phenoxy) is 1. The van der Waals surface area contributed by atoms with Gasteiger partial charge in [0, 0.05) is 0 Å². The summed E-state index contributed by atoms with van der Waals surface area (Å²) in [5.41, 5.74) is -0.702. The number of carboxylic acid groups (broad SMARTS) is 1. The van der Waals surface area contributed by atoms with Gasteiger partial charge in [0.15, 0.2) is 17.3 Å². The molecule has 0 saturated heterocycles. The number of aromatic hydroxyl groups is 1. The first-order chi connectivity index (χ1) is 9.01. The fourth-order valence-electron chi connectivity index (χ4n) is 2.79. The third-order valence-corrected chi connectivity index (χ3v) is 3.92. The van der Waals surface area contributed by atoms with E-state index in [0.717, 1.165) is 25.3 Å². The fourth-order valence-corrected chi connectivity index (χ4v) is 2.79. The van der Waals surface area contributed by atoms with Gasteiger partial charge in [0.25, 0.3) is 0 Å². The van der Waals surface area contributed by atoms with Gasteiger partial charge in [-0.25, -0.2) is 4.39 Å². The van der Waals surface area contributed by atoms with E-state index in [9.17, 15) is 19.4 Å². The van der Waals surface area contributed by atoms with Crippen molar-refractivity contribution in [3.8, 4) is 11.5 Å². The minimum atomic E-state index is -1.07. The smallest absolute Gasteiger partial charge is 0.314 e. The van der Waals surface area contributed by atoms with Crippen LogP contribution in [-0.2, 0) is 10.2 Å². The van der Waals surface area contributed by atoms with E-state index >= 15 is 0 Å². The normalized spacial score (nSPS) is 18.0. The molecule has 2 N–H and O–H groups in total. The molecule has 0 aliphatic heterocycles. The zero-order valence-electron chi connectivity index (χ0n) is 10.8. The molecule has 0 bridgehead atoms. The summed E-state index contributed by atoms with van der Waals surface area (Å²) in [5.74, 6) is -2.40. The van der Waals surface area contributed by atoms with Crippen molar-refractivity contribution in [1.29, 1.82) is 0 Å². The lowest BCUT2D eigenvalue weighted by atomic mass is 9.69. The predicted octanol–water partition coefficient (Wildman–Crippen LogP) is 2.83. The molecule has 0 heterocycles. The number of hydrogen-bond acceptors (Lipinski definition) is 3. The number of carbonyl (C=O) groups is 1. The van der Waals surface area contributed by atoms with Crippen molar-refractivity contribution in [2.45, 2.75) is 37.5 Å². The molecule has 4 nitrogen and oxygen atoms in total. The van der Waals surface area contributed by atoms with Crippen LogP contribution >= 0.6 is 0 Å². The molecule has 1 aromatic rings. The zero-order chi connectivity index (χ0) is 14.0. The number of phenolic OH excluding ortho intramolecular Hbond substituents is 1. The van der Waals surface area contributed by atoms with Crippen LogP contribution in [0.3, 0.4) is 0 Å². The van der Waals surface area contributed by atoms with Gasteiger partial charge in [-0.15, -0.1) is 0 Å². The van der Waals surface area contributed by atoms with E-state index in [4.69, 9.17) is 4.74 Å². The first-order valence-electron chi connectivity index (χ1n) is 6.31. The number of methoxy groups -OCH3 is 1. The zero-order valence-corrected chi connectivity index (χ0v) is 10.8. The van der Waals surface area contributed by atoms with Gasteiger partial charge in [0.1, 0.15) is 0 Å². The summed E-state index contributed by atoms with van der Waals surface area (Å²) in [5, 5.41) is 19.0. The lowest BCUT2D eigenvalue weighted by Gasteiger charge is -2.33. The van der Waals surface area contributed by atoms with E-state index in [0.29, 0.717) is 18.4 Å². The molecule has 0 atom stereocenters. The molecule has 19 heavy (non-hydrogen) atoms. The monoisotopic (exact) mass is 268 g/mol. The molecule has 0 amide bonds. The van der Waals surface area contributed by atoms with Gasteiger partial charge in [0.05, 0.1) is 12.5 Å². The van der Waals surface area contributed by atoms with Gasteiger partial charge in [-0.2, -0.15) is 0 Å². The van der Waals surface area contributed by atoms with Crippen LogP contribution in [0.1, 0.15) is 37.7 Å². The highest BCUT2D eigenvalue weighted by molar-refractivity contribution is 5.82. The van der Waals surface area contributed by atoms with Crippen LogP contribution in [0.2, 0.25) is 0 Å². The van der Waals surface area contributed by atoms with Gasteiger partial charge in [-0.05, 0) is 30.5 Å². The van der Waals surface area contributed by atoms with Gasteiger partial charge < -0.3 is 14.9 Å². The fraction of sp³-hybridized carbons (Fsp3) is 0.500. The Bertz CT molecular complexity index is 492. The Labute approximate surface area is 110 Å². The molecule has 2 rings (SSSR count). The summed E-state index contributed by atoms with van der Waals surface area (Å²) < 4.78 is 18.6. The third-order valence-electron chi connectivity index (χ3n) is 3.92. The Kier molecular flexibility index (Phi) is 3.64. The van der Waals surface area contributed by atoms with E-state index in [2.05, 4.69) is 0 Å². The second-order valence-electron chi connectivity index (χ2n) is 4.96. The van der Waals surface area contributed by atoms with Crippen molar-refractivity contribution < 1.29 is 24.1 Å². The Morgan fingerprint density at radius 2 is 1.95 bits per heavy atom. The molecule has 1 aromatic carbocycles. The number of hydrogen-bond donors (Lipinski definition) is 2. The minimum Gasteiger partial charge on any atom is -0.502 e. The van der Waals surface area contributed by atoms with E-state index in [1.165, 1.54) is 13.2 Å². The first kappa shape index (κ1) is 13.6. The molecule has 104 valence electrons. The van der Waals surface area contributed by atoms with Crippen LogP contribution < -0.4 is 4.74 Å². The number of aliphatic carboxylic acids is 1. The van der Waals surface area contributed by atoms with Crippen LogP contribution in [0, 0.1) is 5.82 Å². The van der Waals surface area contributed by atoms with Crippen LogP contribution in [0.15, 0.2) is 12.1 Å². The standard InChI is InChI=1S/C14H17FO4/c1-19-11-8-9(7-10(15)12(11)16)14(13(17)18)5-3-2-4-6-14/h7-8,16H,2-6H2,1H3,(H,17,18). The summed E-state index contributed by atoms with van der Waals surface area (Å²) in [7, 11) is 1.31. The molecule has 0 aromatic heterocycles. The number of phenols is 1. The maximum absolute atomic E-state index is 13.7. The molecule has 5 heteroatoms. The van der Waals surface area contributed by atoms with Crippen molar-refractivity contribution >= 4 is 5.97 Å². The Balaban J connectivity index is 2.54. The molecule has 1 saturated carbocycles. The van der Waals surface area contributed by atoms with E-state index in [1.54, 1.807) is 0 Å². The van der Waals surface area contributed by atoms with Crippen molar-refractivity contribution in [3.63, 3.8) is 0 Å². The van der Waals surface area contributed by atoms with E-state index < -0.39 is 23.0 Å². The number of rotatable bonds is 3. The van der Waals surface area contributed by atoms with E-state index in [1.807, 2.05) is 0 Å². The molecule has 0 spiro atoms. The third kappa shape index (κ3) is 2.25. The van der Waals surface area contributed by atoms with Crippen LogP contribution in [0.4, 0.5) is 4.39 Å². The molecule has 1 fully saturated rings. The van der Waals surface area contributed by atoms with Crippen LogP contribution in [0.5, 0.6) is 11.5 Å². The Hall–Kier alpha value is -1.78. The number of halogens is 1. The highest BCUT2D eigenvalue weighted by Gasteiger charge is 2.42. The molecular formula is C14H17FO4. The SMILES string of the molecule is COc1cc(C2(C(=O)O)CCCCC2)cc(F)c1O. The van der Waals surface area contributed by atoms with Crippen molar-refractivity contribution in [3.05, 3.63) is 23.5 Å². The largest absolute Gasteiger partial charge is 0.502 e. The second-order valence-corrected chi connectivity index (χ2v) is 4.96. The summed E-state index contributed by atoms with van der Waals surface area (Å²) in [6.45, 7) is 0. The van der Waals surface area contributed by atoms with Crippen LogP contribution in [0.25, 0.3) is 0 Å². The van der Waals surface area contributed by atoms with Gasteiger partial charge >= 0.3 is 5.97 Å². The Morgan fingerprint density at radius 3 is 2.47 bits per heavy atom. The predicted molar refractivity (Wildman–Crippen MR) is 67.0 cm³/mol. The number of carboxylic acids is 1. The summed E-state index contributed by atoms with van der Waals surface area (Å²) in [6, 6.07) is 2.54. The quantitative estimate of drug-likeness (QED) is 0.884. The lowest BCUT2D eigenvalue weighted by Crippen LogP contribution is -2.37. The molecule has 1 aliphatic rings. The second kappa shape index (κ2) is 5.07. The average Bonchev–Trinajstić information content (AvgIpc) is 2.42. The van der Waals surface area contributed by atoms with Crippen molar-refractivity contribution in [2.24, 2.45) is 0 Å². The van der Waals surface area contributed by atoms with Crippen molar-refractivity contribution in [2.75, 3.05) is 7.11 Å². The summed E-state index contributed by atoms with van der Waals surface area (Å²) in [6.07, 6.45) is 3.56. The Morgan fingerprint density at radius 1 is 1.32 bits per heavy atom. The summed E-state index contributed by atoms with van der Waals surface area (Å²) >= 11 is 0. The molecular weight excluding hydrogens is 251 g/mol. The lowest BCUT2D eigenvalue weighted by molar-refractivity contribution is -0.145. The van der Waals surface area contributed by atoms with Gasteiger partial charge in [-0.3, -0.25) is 4.79 Å². The number of benzene rings is 1. The van der Waals surface area contributed by atoms with E-state index in [-0.39, 0.29) is 5.75 Å². The highest BCUT2D eigenvalue weighted by atomic mass is 19.1. The van der Waals surface area contributed by atoms with Crippen LogP contribution in [-0.4, -0.2) is 23.3 Å². The first-order valence-corrected chi connectivity index (χ1v) is 6.31. The van der Waals surface area contributed by atoms with Gasteiger partial charge in [0.2, 0.25) is 0 Å². The molecule has 0 radical (unpaired) electrons. The maximum atomic E-state index is 13.7. The topological polar surface area (TPSA) is 66.8 Å². The molecule has 1 aliphatic carbocycles. The average molecular weight is 268 g/mol. The van der Waals surface area contributed by atoms with Gasteiger partial charge in [-0.1, -0.05) is 19.3 Å².